The van der Waals surface area contributed by atoms with E-state index in [1.165, 1.54) is 0 Å². The van der Waals surface area contributed by atoms with E-state index in [0.29, 0.717) is 43.4 Å². The van der Waals surface area contributed by atoms with Crippen molar-refractivity contribution in [3.63, 3.8) is 0 Å². The zero-order chi connectivity index (χ0) is 21.0. The number of carbonyl (C=O) groups is 1. The Hall–Kier alpha value is -3.31. The molecule has 5 nitrogen and oxygen atoms in total. The Morgan fingerprint density at radius 3 is 2.03 bits per heavy atom. The quantitative estimate of drug-likeness (QED) is 0.467. The second kappa shape index (κ2) is 11.6. The lowest BCUT2D eigenvalue weighted by Crippen LogP contribution is -2.25. The van der Waals surface area contributed by atoms with Gasteiger partial charge in [-0.05, 0) is 42.6 Å². The van der Waals surface area contributed by atoms with Crippen LogP contribution >= 0.6 is 0 Å². The van der Waals surface area contributed by atoms with Crippen molar-refractivity contribution >= 4 is 5.91 Å². The number of nitrogens with two attached hydrogens (primary N) is 1. The van der Waals surface area contributed by atoms with Gasteiger partial charge >= 0.3 is 0 Å². The van der Waals surface area contributed by atoms with E-state index in [1.54, 1.807) is 6.07 Å². The van der Waals surface area contributed by atoms with Gasteiger partial charge in [-0.1, -0.05) is 66.7 Å². The number of ether oxygens (including phenoxy) is 2. The Labute approximate surface area is 177 Å². The third-order valence-electron chi connectivity index (χ3n) is 4.60. The van der Waals surface area contributed by atoms with Gasteiger partial charge in [0.2, 0.25) is 0 Å². The maximum absolute atomic E-state index is 12.8. The normalized spacial score (nSPS) is 10.4. The number of rotatable bonds is 11. The third-order valence-corrected chi connectivity index (χ3v) is 4.60. The van der Waals surface area contributed by atoms with Crippen LogP contribution in [0.4, 0.5) is 0 Å². The molecule has 0 unspecified atom stereocenters. The van der Waals surface area contributed by atoms with E-state index in [1.807, 2.05) is 72.8 Å². The molecule has 0 aliphatic heterocycles. The number of amides is 1. The van der Waals surface area contributed by atoms with Crippen molar-refractivity contribution in [3.8, 4) is 11.5 Å². The van der Waals surface area contributed by atoms with Gasteiger partial charge in [0, 0.05) is 6.54 Å². The van der Waals surface area contributed by atoms with E-state index in [-0.39, 0.29) is 5.91 Å². The maximum Gasteiger partial charge on any atom is 0.255 e. The number of hydrogen-bond donors (Lipinski definition) is 2. The largest absolute Gasteiger partial charge is 0.485 e. The smallest absolute Gasteiger partial charge is 0.255 e. The lowest BCUT2D eigenvalue weighted by Gasteiger charge is -2.17. The molecule has 0 heterocycles. The predicted molar refractivity (Wildman–Crippen MR) is 119 cm³/mol. The Bertz CT molecular complexity index is 914. The SMILES string of the molecule is NCCCCNC(=O)c1cccc(OCc2ccccc2)c1OCc1ccccc1. The van der Waals surface area contributed by atoms with Crippen LogP contribution in [0.1, 0.15) is 34.3 Å². The number of nitrogens with one attached hydrogen (secondary N) is 1. The minimum atomic E-state index is -0.180. The fourth-order valence-corrected chi connectivity index (χ4v) is 2.99. The third kappa shape index (κ3) is 6.36. The van der Waals surface area contributed by atoms with Gasteiger partial charge in [0.15, 0.2) is 11.5 Å². The summed E-state index contributed by atoms with van der Waals surface area (Å²) in [5.41, 5.74) is 8.05. The van der Waals surface area contributed by atoms with Crippen LogP contribution in [0.5, 0.6) is 11.5 Å². The summed E-state index contributed by atoms with van der Waals surface area (Å²) < 4.78 is 12.1. The van der Waals surface area contributed by atoms with E-state index in [4.69, 9.17) is 15.2 Å². The molecule has 0 fully saturated rings. The summed E-state index contributed by atoms with van der Waals surface area (Å²) in [6, 6.07) is 25.1. The summed E-state index contributed by atoms with van der Waals surface area (Å²) in [6.07, 6.45) is 1.71. The van der Waals surface area contributed by atoms with Crippen molar-refractivity contribution < 1.29 is 14.3 Å². The standard InChI is InChI=1S/C25H28N2O3/c26-16-7-8-17-27-25(28)22-14-9-15-23(29-18-20-10-3-1-4-11-20)24(22)30-19-21-12-5-2-6-13-21/h1-6,9-15H,7-8,16-19,26H2,(H,27,28). The molecule has 1 amide bonds. The molecule has 3 rings (SSSR count). The zero-order valence-corrected chi connectivity index (χ0v) is 17.1. The van der Waals surface area contributed by atoms with Crippen molar-refractivity contribution in [2.24, 2.45) is 5.73 Å². The highest BCUT2D eigenvalue weighted by Crippen LogP contribution is 2.33. The number of unbranched alkanes of at least 4 members (excludes halogenated alkanes) is 1. The molecular formula is C25H28N2O3. The molecule has 0 aromatic heterocycles. The van der Waals surface area contributed by atoms with Crippen LogP contribution in [0, 0.1) is 0 Å². The Kier molecular flexibility index (Phi) is 8.30. The Morgan fingerprint density at radius 2 is 1.40 bits per heavy atom. The molecule has 3 N–H and O–H groups in total. The zero-order valence-electron chi connectivity index (χ0n) is 17.1. The minimum Gasteiger partial charge on any atom is -0.485 e. The van der Waals surface area contributed by atoms with Crippen molar-refractivity contribution in [2.75, 3.05) is 13.1 Å². The minimum absolute atomic E-state index is 0.180. The summed E-state index contributed by atoms with van der Waals surface area (Å²) >= 11 is 0. The average Bonchev–Trinajstić information content (AvgIpc) is 2.80. The predicted octanol–water partition coefficient (Wildman–Crippen LogP) is 4.31. The van der Waals surface area contributed by atoms with Crippen molar-refractivity contribution in [3.05, 3.63) is 95.6 Å². The first-order chi connectivity index (χ1) is 14.8. The molecule has 0 spiro atoms. The van der Waals surface area contributed by atoms with E-state index in [2.05, 4.69) is 5.32 Å². The first kappa shape index (κ1) is 21.4. The van der Waals surface area contributed by atoms with Crippen LogP contribution in [-0.2, 0) is 13.2 Å². The topological polar surface area (TPSA) is 73.6 Å². The fourth-order valence-electron chi connectivity index (χ4n) is 2.99. The molecule has 3 aromatic rings. The summed E-state index contributed by atoms with van der Waals surface area (Å²) in [5.74, 6) is 0.818. The lowest BCUT2D eigenvalue weighted by atomic mass is 10.1. The number of carbonyl (C=O) groups excluding carboxylic acids is 1. The van der Waals surface area contributed by atoms with Crippen LogP contribution in [0.25, 0.3) is 0 Å². The highest BCUT2D eigenvalue weighted by Gasteiger charge is 2.18. The first-order valence-corrected chi connectivity index (χ1v) is 10.2. The first-order valence-electron chi connectivity index (χ1n) is 10.2. The van der Waals surface area contributed by atoms with Gasteiger partial charge in [-0.3, -0.25) is 4.79 Å². The molecule has 0 aliphatic rings. The molecule has 3 aromatic carbocycles. The van der Waals surface area contributed by atoms with Gasteiger partial charge in [-0.2, -0.15) is 0 Å². The summed E-state index contributed by atoms with van der Waals surface area (Å²) in [4.78, 5) is 12.8. The second-order valence-corrected chi connectivity index (χ2v) is 6.93. The van der Waals surface area contributed by atoms with Gasteiger partial charge in [0.05, 0.1) is 5.56 Å². The second-order valence-electron chi connectivity index (χ2n) is 6.93. The van der Waals surface area contributed by atoms with Crippen LogP contribution in [0.15, 0.2) is 78.9 Å². The molecule has 0 atom stereocenters. The molecule has 5 heteroatoms. The molecule has 0 saturated carbocycles. The summed E-state index contributed by atoms with van der Waals surface area (Å²) in [7, 11) is 0. The van der Waals surface area contributed by atoms with Crippen LogP contribution in [0.3, 0.4) is 0 Å². The maximum atomic E-state index is 12.8. The lowest BCUT2D eigenvalue weighted by molar-refractivity contribution is 0.0947. The van der Waals surface area contributed by atoms with E-state index >= 15 is 0 Å². The number of hydrogen-bond acceptors (Lipinski definition) is 4. The van der Waals surface area contributed by atoms with Gasteiger partial charge in [0.25, 0.3) is 5.91 Å². The molecular weight excluding hydrogens is 376 g/mol. The Balaban J connectivity index is 1.78. The number of benzene rings is 3. The van der Waals surface area contributed by atoms with Gasteiger partial charge in [-0.25, -0.2) is 0 Å². The summed E-state index contributed by atoms with van der Waals surface area (Å²) in [6.45, 7) is 1.93. The van der Waals surface area contributed by atoms with Gasteiger partial charge in [0.1, 0.15) is 13.2 Å². The van der Waals surface area contributed by atoms with Gasteiger partial charge < -0.3 is 20.5 Å². The molecule has 156 valence electrons. The van der Waals surface area contributed by atoms with E-state index in [9.17, 15) is 4.79 Å². The molecule has 0 radical (unpaired) electrons. The van der Waals surface area contributed by atoms with E-state index < -0.39 is 0 Å². The number of para-hydroxylation sites is 1. The molecule has 0 saturated heterocycles. The van der Waals surface area contributed by atoms with Crippen molar-refractivity contribution in [1.82, 2.24) is 5.32 Å². The fraction of sp³-hybridized carbons (Fsp3) is 0.240. The van der Waals surface area contributed by atoms with Crippen molar-refractivity contribution in [1.29, 1.82) is 0 Å². The molecule has 30 heavy (non-hydrogen) atoms. The summed E-state index contributed by atoms with van der Waals surface area (Å²) in [5, 5.41) is 2.94. The highest BCUT2D eigenvalue weighted by atomic mass is 16.5. The average molecular weight is 405 g/mol. The Morgan fingerprint density at radius 1 is 0.767 bits per heavy atom. The van der Waals surface area contributed by atoms with Crippen LogP contribution in [0.2, 0.25) is 0 Å². The van der Waals surface area contributed by atoms with Gasteiger partial charge in [-0.15, -0.1) is 0 Å². The molecule has 0 aliphatic carbocycles. The van der Waals surface area contributed by atoms with Crippen molar-refractivity contribution in [2.45, 2.75) is 26.1 Å². The molecule has 0 bridgehead atoms. The van der Waals surface area contributed by atoms with Crippen LogP contribution in [-0.4, -0.2) is 19.0 Å². The van der Waals surface area contributed by atoms with Crippen LogP contribution < -0.4 is 20.5 Å². The van der Waals surface area contributed by atoms with E-state index in [0.717, 1.165) is 24.0 Å². The monoisotopic (exact) mass is 404 g/mol. The highest BCUT2D eigenvalue weighted by molar-refractivity contribution is 5.97.